The molecule has 0 aliphatic carbocycles. The number of aromatic nitrogens is 3. The average Bonchev–Trinajstić information content (AvgIpc) is 2.69. The van der Waals surface area contributed by atoms with Gasteiger partial charge in [0, 0.05) is 24.1 Å². The van der Waals surface area contributed by atoms with Crippen LogP contribution in [0.3, 0.4) is 0 Å². The summed E-state index contributed by atoms with van der Waals surface area (Å²) >= 11 is 17.3. The van der Waals surface area contributed by atoms with Crippen LogP contribution in [0.2, 0.25) is 0 Å². The topological polar surface area (TPSA) is 83.0 Å². The number of halogens is 3. The van der Waals surface area contributed by atoms with Gasteiger partial charge in [-0.3, -0.25) is 10.1 Å². The Labute approximate surface area is 131 Å². The third-order valence-corrected chi connectivity index (χ3v) is 3.42. The summed E-state index contributed by atoms with van der Waals surface area (Å²) < 4.78 is 0.361. The van der Waals surface area contributed by atoms with Gasteiger partial charge in [0.2, 0.25) is 0 Å². The van der Waals surface area contributed by atoms with E-state index in [-0.39, 0.29) is 5.69 Å². The molecule has 0 aliphatic rings. The number of hydrogen-bond donors (Lipinski definition) is 0. The molecule has 0 amide bonds. The lowest BCUT2D eigenvalue weighted by Crippen LogP contribution is -2.22. The zero-order valence-corrected chi connectivity index (χ0v) is 12.5. The van der Waals surface area contributed by atoms with E-state index in [1.165, 1.54) is 35.2 Å². The first kappa shape index (κ1) is 15.2. The van der Waals surface area contributed by atoms with Crippen LogP contribution in [0.15, 0.2) is 35.4 Å². The van der Waals surface area contributed by atoms with Gasteiger partial charge in [0.1, 0.15) is 6.33 Å². The van der Waals surface area contributed by atoms with Crippen LogP contribution < -0.4 is 5.69 Å². The summed E-state index contributed by atoms with van der Waals surface area (Å²) in [5, 5.41) is 14.3. The van der Waals surface area contributed by atoms with Crippen LogP contribution >= 0.6 is 46.8 Å². The molecule has 0 atom stereocenters. The molecular formula is C9H5Cl3N4O3S. The van der Waals surface area contributed by atoms with Gasteiger partial charge >= 0.3 is 5.69 Å². The highest BCUT2D eigenvalue weighted by Crippen LogP contribution is 2.38. The van der Waals surface area contributed by atoms with Gasteiger partial charge in [0.05, 0.1) is 10.6 Å². The molecule has 0 radical (unpaired) electrons. The summed E-state index contributed by atoms with van der Waals surface area (Å²) in [6.07, 6.45) is 1.23. The minimum atomic E-state index is -1.72. The Balaban J connectivity index is 2.35. The van der Waals surface area contributed by atoms with Crippen molar-refractivity contribution in [1.82, 2.24) is 13.8 Å². The van der Waals surface area contributed by atoms with Gasteiger partial charge in [-0.15, -0.1) is 9.19 Å². The fraction of sp³-hybridized carbons (Fsp3) is 0.111. The third kappa shape index (κ3) is 3.45. The Kier molecular flexibility index (Phi) is 4.28. The molecule has 0 spiro atoms. The third-order valence-electron chi connectivity index (χ3n) is 2.17. The number of nitrogens with zero attached hydrogens (tertiary/aromatic N) is 4. The first-order valence-electron chi connectivity index (χ1n) is 4.96. The molecule has 106 valence electrons. The van der Waals surface area contributed by atoms with E-state index < -0.39 is 13.7 Å². The van der Waals surface area contributed by atoms with Gasteiger partial charge in [-0.05, 0) is 12.1 Å². The maximum absolute atomic E-state index is 12.0. The molecule has 1 aromatic heterocycles. The van der Waals surface area contributed by atoms with Crippen molar-refractivity contribution in [3.05, 3.63) is 51.2 Å². The summed E-state index contributed by atoms with van der Waals surface area (Å²) in [5.41, 5.74) is -0.211. The van der Waals surface area contributed by atoms with Crippen molar-refractivity contribution >= 4 is 52.4 Å². The molecular weight excluding hydrogens is 351 g/mol. The maximum atomic E-state index is 12.0. The number of hydrogen-bond acceptors (Lipinski definition) is 5. The van der Waals surface area contributed by atoms with Crippen molar-refractivity contribution in [2.75, 3.05) is 0 Å². The molecule has 0 unspecified atom stereocenters. The van der Waals surface area contributed by atoms with Crippen molar-refractivity contribution in [3.63, 3.8) is 0 Å². The first-order chi connectivity index (χ1) is 9.28. The van der Waals surface area contributed by atoms with E-state index >= 15 is 0 Å². The van der Waals surface area contributed by atoms with Gasteiger partial charge in [-0.2, -0.15) is 0 Å². The molecule has 2 aromatic rings. The van der Waals surface area contributed by atoms with Gasteiger partial charge < -0.3 is 0 Å². The van der Waals surface area contributed by atoms with Crippen LogP contribution in [0, 0.1) is 10.1 Å². The Hall–Kier alpha value is -1.22. The quantitative estimate of drug-likeness (QED) is 0.480. The summed E-state index contributed by atoms with van der Waals surface area (Å²) in [6, 6.07) is 5.40. The number of non-ortho nitro benzene ring substituents is 1. The highest BCUT2D eigenvalue weighted by atomic mass is 35.6. The standard InChI is InChI=1S/C9H5Cl3N4O3S/c10-9(11,12)20-15-8(17)14(5-13-15)6-1-3-7(4-2-6)16(18)19/h1-5H. The van der Waals surface area contributed by atoms with E-state index in [1.54, 1.807) is 0 Å². The Morgan fingerprint density at radius 3 is 2.35 bits per heavy atom. The first-order valence-corrected chi connectivity index (χ1v) is 6.86. The van der Waals surface area contributed by atoms with Crippen molar-refractivity contribution in [3.8, 4) is 5.69 Å². The number of rotatable bonds is 3. The molecule has 0 saturated carbocycles. The second kappa shape index (κ2) is 5.65. The molecule has 0 aliphatic heterocycles. The van der Waals surface area contributed by atoms with Crippen LogP contribution in [0.5, 0.6) is 0 Å². The molecule has 20 heavy (non-hydrogen) atoms. The van der Waals surface area contributed by atoms with Crippen LogP contribution in [-0.4, -0.2) is 21.8 Å². The van der Waals surface area contributed by atoms with Crippen molar-refractivity contribution in [2.45, 2.75) is 3.12 Å². The zero-order chi connectivity index (χ0) is 14.9. The number of alkyl halides is 3. The molecule has 11 heteroatoms. The Morgan fingerprint density at radius 2 is 1.85 bits per heavy atom. The SMILES string of the molecule is O=c1n(-c2ccc([N+](=O)[O-])cc2)cnn1SC(Cl)(Cl)Cl. The van der Waals surface area contributed by atoms with E-state index in [1.807, 2.05) is 0 Å². The van der Waals surface area contributed by atoms with Crippen LogP contribution in [-0.2, 0) is 0 Å². The largest absolute Gasteiger partial charge is 0.361 e. The van der Waals surface area contributed by atoms with Crippen molar-refractivity contribution in [2.24, 2.45) is 0 Å². The summed E-state index contributed by atoms with van der Waals surface area (Å²) in [7, 11) is 0. The summed E-state index contributed by atoms with van der Waals surface area (Å²) in [5.74, 6) is 0. The Bertz CT molecular complexity index is 692. The normalized spacial score (nSPS) is 11.6. The molecule has 0 bridgehead atoms. The predicted molar refractivity (Wildman–Crippen MR) is 77.8 cm³/mol. The van der Waals surface area contributed by atoms with E-state index in [0.29, 0.717) is 17.6 Å². The summed E-state index contributed by atoms with van der Waals surface area (Å²) in [4.78, 5) is 22.0. The lowest BCUT2D eigenvalue weighted by Gasteiger charge is -2.07. The fourth-order valence-corrected chi connectivity index (χ4v) is 2.40. The highest BCUT2D eigenvalue weighted by molar-refractivity contribution is 8.03. The Morgan fingerprint density at radius 1 is 1.25 bits per heavy atom. The van der Waals surface area contributed by atoms with E-state index in [9.17, 15) is 14.9 Å². The van der Waals surface area contributed by atoms with E-state index in [4.69, 9.17) is 34.8 Å². The number of benzene rings is 1. The fourth-order valence-electron chi connectivity index (χ4n) is 1.36. The molecule has 0 N–H and O–H groups in total. The van der Waals surface area contributed by atoms with Crippen molar-refractivity contribution < 1.29 is 4.92 Å². The molecule has 1 heterocycles. The molecule has 1 aromatic carbocycles. The van der Waals surface area contributed by atoms with Gasteiger partial charge in [-0.25, -0.2) is 9.36 Å². The zero-order valence-electron chi connectivity index (χ0n) is 9.44. The van der Waals surface area contributed by atoms with Crippen LogP contribution in [0.4, 0.5) is 5.69 Å². The smallest absolute Gasteiger partial charge is 0.258 e. The minimum Gasteiger partial charge on any atom is -0.258 e. The van der Waals surface area contributed by atoms with E-state index in [0.717, 1.165) is 4.09 Å². The van der Waals surface area contributed by atoms with E-state index in [2.05, 4.69) is 5.10 Å². The summed E-state index contributed by atoms with van der Waals surface area (Å²) in [6.45, 7) is 0. The van der Waals surface area contributed by atoms with Gasteiger partial charge in [0.25, 0.3) is 8.81 Å². The monoisotopic (exact) mass is 354 g/mol. The predicted octanol–water partition coefficient (Wildman–Crippen LogP) is 2.77. The second-order valence-electron chi connectivity index (χ2n) is 3.47. The molecule has 0 fully saturated rings. The second-order valence-corrected chi connectivity index (χ2v) is 7.56. The average molecular weight is 356 g/mol. The lowest BCUT2D eigenvalue weighted by molar-refractivity contribution is -0.384. The molecule has 0 saturated heterocycles. The van der Waals surface area contributed by atoms with Crippen LogP contribution in [0.1, 0.15) is 0 Å². The number of nitro benzene ring substituents is 1. The maximum Gasteiger partial charge on any atom is 0.361 e. The number of nitro groups is 1. The van der Waals surface area contributed by atoms with Crippen LogP contribution in [0.25, 0.3) is 5.69 Å². The molecule has 2 rings (SSSR count). The molecule has 7 nitrogen and oxygen atoms in total. The van der Waals surface area contributed by atoms with Gasteiger partial charge in [-0.1, -0.05) is 34.8 Å². The highest BCUT2D eigenvalue weighted by Gasteiger charge is 2.24. The minimum absolute atomic E-state index is 0.0788. The van der Waals surface area contributed by atoms with Crippen molar-refractivity contribution in [1.29, 1.82) is 0 Å². The lowest BCUT2D eigenvalue weighted by atomic mass is 10.3. The van der Waals surface area contributed by atoms with Gasteiger partial charge in [0.15, 0.2) is 0 Å².